The maximum absolute atomic E-state index is 10.4. The first-order chi connectivity index (χ1) is 5.24. The lowest BCUT2D eigenvalue weighted by molar-refractivity contribution is -0.991. The summed E-state index contributed by atoms with van der Waals surface area (Å²) in [5, 5.41) is 18.0. The van der Waals surface area contributed by atoms with Crippen LogP contribution in [0.5, 0.6) is 0 Å². The van der Waals surface area contributed by atoms with Crippen LogP contribution < -0.4 is 11.0 Å². The Bertz CT molecular complexity index is 220. The first-order valence-electron chi connectivity index (χ1n) is 3.26. The van der Waals surface area contributed by atoms with Crippen LogP contribution in [-0.4, -0.2) is 5.21 Å². The van der Waals surface area contributed by atoms with E-state index in [-0.39, 0.29) is 0 Å². The maximum atomic E-state index is 10.4. The van der Waals surface area contributed by atoms with Gasteiger partial charge in [0.25, 0.3) is 0 Å². The average Bonchev–Trinajstić information content (AvgIpc) is 2.05. The van der Waals surface area contributed by atoms with E-state index in [0.717, 1.165) is 5.56 Å². The molecule has 0 saturated heterocycles. The minimum Gasteiger partial charge on any atom is -0.595 e. The number of hydrogen-bond acceptors (Lipinski definition) is 3. The predicted octanol–water partition coefficient (Wildman–Crippen LogP) is -0.451. The van der Waals surface area contributed by atoms with E-state index in [2.05, 4.69) is 0 Å². The van der Waals surface area contributed by atoms with Crippen LogP contribution in [0.25, 0.3) is 0 Å². The van der Waals surface area contributed by atoms with Crippen molar-refractivity contribution in [2.24, 2.45) is 5.73 Å². The number of benzene rings is 1. The Balaban J connectivity index is 2.83. The van der Waals surface area contributed by atoms with Crippen molar-refractivity contribution >= 4 is 5.69 Å². The summed E-state index contributed by atoms with van der Waals surface area (Å²) in [4.78, 5) is 0. The highest BCUT2D eigenvalue weighted by atomic mass is 16.8. The molecule has 0 heterocycles. The topological polar surface area (TPSA) is 73.8 Å². The highest BCUT2D eigenvalue weighted by Crippen LogP contribution is 2.03. The molecule has 0 spiro atoms. The summed E-state index contributed by atoms with van der Waals surface area (Å²) in [6, 6.07) is 6.52. The number of nitrogens with one attached hydrogen (secondary N) is 1. The van der Waals surface area contributed by atoms with Gasteiger partial charge in [0.15, 0.2) is 5.69 Å². The third-order valence-electron chi connectivity index (χ3n) is 1.44. The second-order valence-electron chi connectivity index (χ2n) is 2.21. The van der Waals surface area contributed by atoms with Crippen molar-refractivity contribution in [1.29, 1.82) is 0 Å². The lowest BCUT2D eigenvalue weighted by Gasteiger charge is -2.10. The predicted molar refractivity (Wildman–Crippen MR) is 40.1 cm³/mol. The van der Waals surface area contributed by atoms with Crippen molar-refractivity contribution < 1.29 is 10.4 Å². The fraction of sp³-hybridized carbons (Fsp3) is 0.143. The van der Waals surface area contributed by atoms with E-state index in [4.69, 9.17) is 10.9 Å². The van der Waals surface area contributed by atoms with Crippen LogP contribution in [0.1, 0.15) is 5.56 Å². The number of nitrogens with two attached hydrogens (primary N) is 1. The Kier molecular flexibility index (Phi) is 2.56. The molecule has 4 N–H and O–H groups in total. The Morgan fingerprint density at radius 1 is 1.36 bits per heavy atom. The summed E-state index contributed by atoms with van der Waals surface area (Å²) < 4.78 is 0. The second-order valence-corrected chi connectivity index (χ2v) is 2.21. The lowest BCUT2D eigenvalue weighted by atomic mass is 10.2. The van der Waals surface area contributed by atoms with Gasteiger partial charge in [-0.1, -0.05) is 12.1 Å². The summed E-state index contributed by atoms with van der Waals surface area (Å²) >= 11 is 0. The smallest absolute Gasteiger partial charge is 0.163 e. The van der Waals surface area contributed by atoms with Gasteiger partial charge in [-0.2, -0.15) is 5.23 Å². The van der Waals surface area contributed by atoms with Crippen molar-refractivity contribution in [3.05, 3.63) is 35.0 Å². The van der Waals surface area contributed by atoms with Crippen LogP contribution in [0.15, 0.2) is 24.3 Å². The molecule has 0 fully saturated rings. The number of hydrogen-bond donors (Lipinski definition) is 3. The monoisotopic (exact) mass is 154 g/mol. The average molecular weight is 154 g/mol. The van der Waals surface area contributed by atoms with Crippen LogP contribution in [0, 0.1) is 5.21 Å². The lowest BCUT2D eigenvalue weighted by Crippen LogP contribution is -2.99. The molecule has 11 heavy (non-hydrogen) atoms. The summed E-state index contributed by atoms with van der Waals surface area (Å²) in [6.07, 6.45) is 0. The van der Waals surface area contributed by atoms with Gasteiger partial charge in [-0.05, 0) is 5.56 Å². The van der Waals surface area contributed by atoms with E-state index in [1.807, 2.05) is 0 Å². The van der Waals surface area contributed by atoms with E-state index in [1.54, 1.807) is 24.3 Å². The Morgan fingerprint density at radius 2 is 1.91 bits per heavy atom. The van der Waals surface area contributed by atoms with Crippen LogP contribution in [0.2, 0.25) is 0 Å². The van der Waals surface area contributed by atoms with Crippen molar-refractivity contribution in [2.45, 2.75) is 6.54 Å². The summed E-state index contributed by atoms with van der Waals surface area (Å²) in [5.41, 5.74) is 6.56. The highest BCUT2D eigenvalue weighted by molar-refractivity contribution is 5.32. The SMILES string of the molecule is NCc1ccc([NH+]([O-])O)cc1. The molecule has 1 rings (SSSR count). The van der Waals surface area contributed by atoms with Gasteiger partial charge in [-0.15, -0.1) is 0 Å². The molecule has 0 aliphatic heterocycles. The Hall–Kier alpha value is -0.940. The minimum absolute atomic E-state index is 0.294. The molecular weight excluding hydrogens is 144 g/mol. The largest absolute Gasteiger partial charge is 0.595 e. The molecule has 0 aromatic heterocycles. The Morgan fingerprint density at radius 3 is 2.27 bits per heavy atom. The van der Waals surface area contributed by atoms with Gasteiger partial charge in [0, 0.05) is 18.7 Å². The standard InChI is InChI=1S/C7H10N2O2/c8-5-6-1-3-7(4-2-6)9(10)11/h1-4,9-10H,5,8H2. The van der Waals surface area contributed by atoms with Crippen molar-refractivity contribution in [1.82, 2.24) is 0 Å². The van der Waals surface area contributed by atoms with E-state index in [9.17, 15) is 5.21 Å². The van der Waals surface area contributed by atoms with E-state index in [1.165, 1.54) is 0 Å². The zero-order valence-corrected chi connectivity index (χ0v) is 5.95. The Labute approximate surface area is 64.4 Å². The zero-order chi connectivity index (χ0) is 8.27. The van der Waals surface area contributed by atoms with Crippen LogP contribution >= 0.6 is 0 Å². The van der Waals surface area contributed by atoms with E-state index < -0.39 is 5.23 Å². The molecule has 0 radical (unpaired) electrons. The first-order valence-corrected chi connectivity index (χ1v) is 3.26. The molecule has 1 atom stereocenters. The summed E-state index contributed by atoms with van der Waals surface area (Å²) in [5.74, 6) is 0. The molecular formula is C7H10N2O2. The minimum atomic E-state index is -0.909. The van der Waals surface area contributed by atoms with Crippen LogP contribution in [0.3, 0.4) is 0 Å². The van der Waals surface area contributed by atoms with Gasteiger partial charge in [0.1, 0.15) is 0 Å². The second kappa shape index (κ2) is 3.45. The van der Waals surface area contributed by atoms with Gasteiger partial charge in [-0.3, -0.25) is 0 Å². The molecule has 0 saturated carbocycles. The molecule has 0 aliphatic rings. The number of rotatable bonds is 2. The molecule has 0 bridgehead atoms. The molecule has 0 amide bonds. The summed E-state index contributed by atoms with van der Waals surface area (Å²) in [7, 11) is 0. The molecule has 4 heteroatoms. The molecule has 0 aliphatic carbocycles. The normalized spacial score (nSPS) is 13.0. The van der Waals surface area contributed by atoms with Gasteiger partial charge in [0.2, 0.25) is 0 Å². The molecule has 1 aromatic carbocycles. The van der Waals surface area contributed by atoms with E-state index >= 15 is 0 Å². The fourth-order valence-electron chi connectivity index (χ4n) is 0.783. The number of quaternary nitrogens is 1. The van der Waals surface area contributed by atoms with Crippen LogP contribution in [-0.2, 0) is 6.54 Å². The van der Waals surface area contributed by atoms with Crippen molar-refractivity contribution in [3.63, 3.8) is 0 Å². The van der Waals surface area contributed by atoms with E-state index in [0.29, 0.717) is 12.2 Å². The molecule has 1 unspecified atom stereocenters. The van der Waals surface area contributed by atoms with Gasteiger partial charge < -0.3 is 10.9 Å². The molecule has 4 nitrogen and oxygen atoms in total. The van der Waals surface area contributed by atoms with Gasteiger partial charge in [-0.25, -0.2) is 5.21 Å². The summed E-state index contributed by atoms with van der Waals surface area (Å²) in [6.45, 7) is 0.444. The maximum Gasteiger partial charge on any atom is 0.163 e. The van der Waals surface area contributed by atoms with Crippen molar-refractivity contribution in [2.75, 3.05) is 0 Å². The van der Waals surface area contributed by atoms with Crippen LogP contribution in [0.4, 0.5) is 5.69 Å². The fourth-order valence-corrected chi connectivity index (χ4v) is 0.783. The van der Waals surface area contributed by atoms with Gasteiger partial charge in [0.05, 0.1) is 0 Å². The third kappa shape index (κ3) is 1.99. The zero-order valence-electron chi connectivity index (χ0n) is 5.95. The highest BCUT2D eigenvalue weighted by Gasteiger charge is 1.97. The molecule has 1 aromatic rings. The van der Waals surface area contributed by atoms with Crippen molar-refractivity contribution in [3.8, 4) is 0 Å². The third-order valence-corrected chi connectivity index (χ3v) is 1.44. The quantitative estimate of drug-likeness (QED) is 0.505. The first kappa shape index (κ1) is 8.16. The molecule has 60 valence electrons. The van der Waals surface area contributed by atoms with Gasteiger partial charge >= 0.3 is 0 Å².